The molecule has 6 heteroatoms. The molecule has 1 aromatic carbocycles. The lowest BCUT2D eigenvalue weighted by Gasteiger charge is -2.26. The Labute approximate surface area is 128 Å². The summed E-state index contributed by atoms with van der Waals surface area (Å²) in [4.78, 5) is 23.4. The van der Waals surface area contributed by atoms with Crippen LogP contribution in [0.5, 0.6) is 0 Å². The molecule has 0 aliphatic carbocycles. The summed E-state index contributed by atoms with van der Waals surface area (Å²) in [6, 6.07) is 2.66. The normalized spacial score (nSPS) is 11.8. The van der Waals surface area contributed by atoms with Crippen LogP contribution in [0.25, 0.3) is 10.9 Å². The van der Waals surface area contributed by atoms with Crippen LogP contribution >= 0.6 is 22.6 Å². The smallest absolute Gasteiger partial charge is 0.341 e. The highest BCUT2D eigenvalue weighted by Gasteiger charge is 2.21. The lowest BCUT2D eigenvalue weighted by Crippen LogP contribution is -2.27. The van der Waals surface area contributed by atoms with Gasteiger partial charge in [-0.05, 0) is 55.5 Å². The van der Waals surface area contributed by atoms with Gasteiger partial charge in [-0.1, -0.05) is 0 Å². The highest BCUT2D eigenvalue weighted by molar-refractivity contribution is 14.1. The van der Waals surface area contributed by atoms with Crippen LogP contribution in [0.15, 0.2) is 23.1 Å². The Kier molecular flexibility index (Phi) is 3.62. The Hall–Kier alpha value is -1.44. The maximum atomic E-state index is 13.8. The molecule has 2 rings (SSSR count). The second-order valence-electron chi connectivity index (χ2n) is 5.50. The summed E-state index contributed by atoms with van der Waals surface area (Å²) < 4.78 is 15.7. The highest BCUT2D eigenvalue weighted by atomic mass is 127. The molecule has 0 bridgehead atoms. The first-order valence-corrected chi connectivity index (χ1v) is 6.99. The lowest BCUT2D eigenvalue weighted by molar-refractivity contribution is 0.0694. The van der Waals surface area contributed by atoms with Gasteiger partial charge in [0.1, 0.15) is 11.4 Å². The number of pyridine rings is 1. The molecular weight excluding hydrogens is 376 g/mol. The van der Waals surface area contributed by atoms with Gasteiger partial charge in [0.15, 0.2) is 0 Å². The maximum absolute atomic E-state index is 13.8. The van der Waals surface area contributed by atoms with Gasteiger partial charge in [0, 0.05) is 20.7 Å². The second-order valence-corrected chi connectivity index (χ2v) is 6.66. The van der Waals surface area contributed by atoms with E-state index in [1.807, 2.05) is 20.8 Å². The molecule has 20 heavy (non-hydrogen) atoms. The second kappa shape index (κ2) is 4.83. The highest BCUT2D eigenvalue weighted by Crippen LogP contribution is 2.24. The number of carbonyl (C=O) groups is 1. The van der Waals surface area contributed by atoms with Crippen molar-refractivity contribution in [3.8, 4) is 0 Å². The number of fused-ring (bicyclic) bond motifs is 1. The number of aromatic nitrogens is 1. The fourth-order valence-electron chi connectivity index (χ4n) is 2.03. The molecule has 4 nitrogen and oxygen atoms in total. The third-order valence-corrected chi connectivity index (χ3v) is 3.83. The van der Waals surface area contributed by atoms with Crippen LogP contribution in [-0.4, -0.2) is 15.6 Å². The third-order valence-electron chi connectivity index (χ3n) is 3.00. The molecule has 1 heterocycles. The van der Waals surface area contributed by atoms with Crippen molar-refractivity contribution in [2.24, 2.45) is 0 Å². The number of carboxylic acids is 1. The number of nitrogens with zero attached hydrogens (tertiary/aromatic N) is 1. The van der Waals surface area contributed by atoms with Gasteiger partial charge < -0.3 is 9.67 Å². The summed E-state index contributed by atoms with van der Waals surface area (Å²) in [7, 11) is 0. The van der Waals surface area contributed by atoms with E-state index in [0.717, 1.165) is 0 Å². The molecule has 0 saturated carbocycles. The summed E-state index contributed by atoms with van der Waals surface area (Å²) in [5.74, 6) is -1.71. The van der Waals surface area contributed by atoms with E-state index in [2.05, 4.69) is 0 Å². The number of hydrogen-bond acceptors (Lipinski definition) is 2. The average Bonchev–Trinajstić information content (AvgIpc) is 2.30. The van der Waals surface area contributed by atoms with Gasteiger partial charge in [-0.15, -0.1) is 0 Å². The minimum absolute atomic E-state index is 0.214. The first-order chi connectivity index (χ1) is 9.12. The Bertz CT molecular complexity index is 775. The zero-order chi connectivity index (χ0) is 15.2. The van der Waals surface area contributed by atoms with Crippen molar-refractivity contribution in [1.29, 1.82) is 0 Å². The molecule has 0 aliphatic heterocycles. The molecule has 1 N–H and O–H groups in total. The fourth-order valence-corrected chi connectivity index (χ4v) is 2.49. The van der Waals surface area contributed by atoms with Gasteiger partial charge in [-0.3, -0.25) is 4.79 Å². The van der Waals surface area contributed by atoms with Crippen molar-refractivity contribution < 1.29 is 14.3 Å². The van der Waals surface area contributed by atoms with E-state index >= 15 is 0 Å². The van der Waals surface area contributed by atoms with Crippen LogP contribution in [0.3, 0.4) is 0 Å². The molecule has 2 aromatic rings. The summed E-state index contributed by atoms with van der Waals surface area (Å²) in [6.07, 6.45) is 1.28. The van der Waals surface area contributed by atoms with Gasteiger partial charge in [0.25, 0.3) is 0 Å². The predicted octanol–water partition coefficient (Wildman–Crippen LogP) is 3.20. The largest absolute Gasteiger partial charge is 0.477 e. The fraction of sp³-hybridized carbons (Fsp3) is 0.286. The standard InChI is InChI=1S/C14H13FINO3/c1-14(2,3)17-6-8(13(19)20)12(18)7-4-10(16)9(15)5-11(7)17/h4-6H,1-3H3,(H,19,20). The summed E-state index contributed by atoms with van der Waals surface area (Å²) in [6.45, 7) is 5.58. The molecule has 0 atom stereocenters. The van der Waals surface area contributed by atoms with Crippen LogP contribution in [0.4, 0.5) is 4.39 Å². The molecule has 0 unspecified atom stereocenters. The summed E-state index contributed by atoms with van der Waals surface area (Å²) >= 11 is 1.78. The van der Waals surface area contributed by atoms with Crippen LogP contribution < -0.4 is 5.43 Å². The number of benzene rings is 1. The van der Waals surface area contributed by atoms with Crippen molar-refractivity contribution in [1.82, 2.24) is 4.57 Å². The van der Waals surface area contributed by atoms with Crippen molar-refractivity contribution in [2.75, 3.05) is 0 Å². The Morgan fingerprint density at radius 3 is 2.45 bits per heavy atom. The molecule has 0 spiro atoms. The zero-order valence-corrected chi connectivity index (χ0v) is 13.4. The van der Waals surface area contributed by atoms with Crippen LogP contribution in [0.2, 0.25) is 0 Å². The van der Waals surface area contributed by atoms with Crippen LogP contribution in [-0.2, 0) is 5.54 Å². The molecule has 1 aromatic heterocycles. The van der Waals surface area contributed by atoms with Crippen molar-refractivity contribution in [2.45, 2.75) is 26.3 Å². The van der Waals surface area contributed by atoms with Gasteiger partial charge >= 0.3 is 5.97 Å². The number of hydrogen-bond donors (Lipinski definition) is 1. The third kappa shape index (κ3) is 2.44. The summed E-state index contributed by atoms with van der Waals surface area (Å²) in [5.41, 5.74) is -0.985. The Morgan fingerprint density at radius 1 is 1.35 bits per heavy atom. The topological polar surface area (TPSA) is 59.3 Å². The first-order valence-electron chi connectivity index (χ1n) is 5.91. The zero-order valence-electron chi connectivity index (χ0n) is 11.2. The first kappa shape index (κ1) is 15.0. The SMILES string of the molecule is CC(C)(C)n1cc(C(=O)O)c(=O)c2cc(I)c(F)cc21. The maximum Gasteiger partial charge on any atom is 0.341 e. The molecule has 0 fully saturated rings. The van der Waals surface area contributed by atoms with E-state index in [1.54, 1.807) is 27.2 Å². The van der Waals surface area contributed by atoms with Gasteiger partial charge in [0.05, 0.1) is 5.52 Å². The van der Waals surface area contributed by atoms with E-state index in [0.29, 0.717) is 5.52 Å². The van der Waals surface area contributed by atoms with Crippen LogP contribution in [0.1, 0.15) is 31.1 Å². The average molecular weight is 389 g/mol. The van der Waals surface area contributed by atoms with Gasteiger partial charge in [-0.2, -0.15) is 0 Å². The van der Waals surface area contributed by atoms with Crippen molar-refractivity contribution in [3.63, 3.8) is 0 Å². The van der Waals surface area contributed by atoms with Gasteiger partial charge in [-0.25, -0.2) is 9.18 Å². The number of carboxylic acid groups (broad SMARTS) is 1. The van der Waals surface area contributed by atoms with Crippen LogP contribution in [0, 0.1) is 9.39 Å². The molecule has 0 saturated heterocycles. The van der Waals surface area contributed by atoms with Crippen molar-refractivity contribution in [3.05, 3.63) is 43.5 Å². The number of halogens is 2. The van der Waals surface area contributed by atoms with Crippen molar-refractivity contribution >= 4 is 39.5 Å². The minimum Gasteiger partial charge on any atom is -0.477 e. The van der Waals surface area contributed by atoms with E-state index in [-0.39, 0.29) is 14.5 Å². The number of rotatable bonds is 1. The summed E-state index contributed by atoms with van der Waals surface area (Å²) in [5, 5.41) is 9.36. The lowest BCUT2D eigenvalue weighted by atomic mass is 10.0. The molecule has 0 radical (unpaired) electrons. The molecule has 0 aliphatic rings. The minimum atomic E-state index is -1.28. The van der Waals surface area contributed by atoms with E-state index in [4.69, 9.17) is 5.11 Å². The molecule has 0 amide bonds. The Balaban J connectivity index is 3.05. The monoisotopic (exact) mass is 389 g/mol. The number of aromatic carboxylic acids is 1. The van der Waals surface area contributed by atoms with E-state index < -0.39 is 22.8 Å². The van der Waals surface area contributed by atoms with E-state index in [9.17, 15) is 14.0 Å². The molecular formula is C14H13FINO3. The quantitative estimate of drug-likeness (QED) is 0.763. The molecule has 106 valence electrons. The predicted molar refractivity (Wildman–Crippen MR) is 82.8 cm³/mol. The van der Waals surface area contributed by atoms with Gasteiger partial charge in [0.2, 0.25) is 5.43 Å². The van der Waals surface area contributed by atoms with E-state index in [1.165, 1.54) is 18.3 Å². The Morgan fingerprint density at radius 2 is 1.95 bits per heavy atom.